The van der Waals surface area contributed by atoms with Gasteiger partial charge in [0.15, 0.2) is 0 Å². The molecule has 5 rings (SSSR count). The third kappa shape index (κ3) is 4.21. The Labute approximate surface area is 182 Å². The molecule has 3 unspecified atom stereocenters. The number of aromatic nitrogens is 3. The lowest BCUT2D eigenvalue weighted by atomic mass is 9.98. The van der Waals surface area contributed by atoms with E-state index in [0.717, 1.165) is 42.5 Å². The number of benzene rings is 1. The number of H-pyrrole nitrogens is 1. The van der Waals surface area contributed by atoms with Crippen LogP contribution in [0.3, 0.4) is 0 Å². The van der Waals surface area contributed by atoms with E-state index in [0.29, 0.717) is 30.7 Å². The van der Waals surface area contributed by atoms with E-state index in [9.17, 15) is 17.6 Å². The van der Waals surface area contributed by atoms with Crippen LogP contribution in [0.2, 0.25) is 0 Å². The monoisotopic (exact) mass is 445 g/mol. The second-order valence-electron chi connectivity index (χ2n) is 8.52. The molecule has 2 fully saturated rings. The molecule has 9 heteroatoms. The number of pyridine rings is 1. The average Bonchev–Trinajstić information content (AvgIpc) is 3.49. The van der Waals surface area contributed by atoms with E-state index < -0.39 is 11.9 Å². The summed E-state index contributed by atoms with van der Waals surface area (Å²) in [6.07, 6.45) is -0.634. The Morgan fingerprint density at radius 2 is 1.88 bits per heavy atom. The molecule has 1 aromatic carbocycles. The fourth-order valence-electron chi connectivity index (χ4n) is 4.92. The Hall–Kier alpha value is -2.94. The molecule has 0 spiro atoms. The zero-order valence-electron chi connectivity index (χ0n) is 17.2. The summed E-state index contributed by atoms with van der Waals surface area (Å²) in [4.78, 5) is 13.5. The first-order valence-corrected chi connectivity index (χ1v) is 10.7. The molecule has 1 aliphatic carbocycles. The second-order valence-corrected chi connectivity index (χ2v) is 8.52. The predicted octanol–water partition coefficient (Wildman–Crippen LogP) is 4.63. The van der Waals surface area contributed by atoms with E-state index in [4.69, 9.17) is 0 Å². The zero-order chi connectivity index (χ0) is 22.3. The zero-order valence-corrected chi connectivity index (χ0v) is 17.2. The molecule has 32 heavy (non-hydrogen) atoms. The van der Waals surface area contributed by atoms with Crippen molar-refractivity contribution in [3.05, 3.63) is 66.0 Å². The molecule has 3 atom stereocenters. The van der Waals surface area contributed by atoms with Crippen LogP contribution in [0.5, 0.6) is 0 Å². The molecule has 0 amide bonds. The topological polar surface area (TPSA) is 56.8 Å². The van der Waals surface area contributed by atoms with Crippen LogP contribution >= 0.6 is 0 Å². The molecule has 0 bridgehead atoms. The van der Waals surface area contributed by atoms with Crippen LogP contribution in [0, 0.1) is 17.7 Å². The van der Waals surface area contributed by atoms with Gasteiger partial charge in [-0.3, -0.25) is 0 Å². The van der Waals surface area contributed by atoms with Gasteiger partial charge in [0, 0.05) is 19.1 Å². The van der Waals surface area contributed by atoms with Crippen LogP contribution in [0.4, 0.5) is 23.4 Å². The molecule has 1 saturated carbocycles. The number of fused-ring (bicyclic) bond motifs is 1. The Balaban J connectivity index is 1.21. The summed E-state index contributed by atoms with van der Waals surface area (Å²) >= 11 is 0. The lowest BCUT2D eigenvalue weighted by molar-refractivity contribution is -0.141. The highest BCUT2D eigenvalue weighted by Gasteiger charge is 2.43. The minimum Gasteiger partial charge on any atom is -0.356 e. The average molecular weight is 445 g/mol. The first-order chi connectivity index (χ1) is 15.4. The van der Waals surface area contributed by atoms with E-state index in [2.05, 4.69) is 20.3 Å². The molecule has 3 heterocycles. The number of alkyl halides is 3. The quantitative estimate of drug-likeness (QED) is 0.562. The Morgan fingerprint density at radius 1 is 1.06 bits per heavy atom. The highest BCUT2D eigenvalue weighted by atomic mass is 19.4. The molecule has 1 saturated heterocycles. The number of aromatic amines is 1. The van der Waals surface area contributed by atoms with Gasteiger partial charge in [0.25, 0.3) is 0 Å². The van der Waals surface area contributed by atoms with E-state index in [-0.39, 0.29) is 11.9 Å². The van der Waals surface area contributed by atoms with Crippen LogP contribution in [-0.4, -0.2) is 34.1 Å². The fraction of sp³-hybridized carbons (Fsp3) is 0.391. The molecule has 1 aliphatic heterocycles. The number of halogens is 4. The molecule has 2 N–H and O–H groups in total. The van der Waals surface area contributed by atoms with Crippen LogP contribution in [0.25, 0.3) is 11.3 Å². The first-order valence-electron chi connectivity index (χ1n) is 10.7. The van der Waals surface area contributed by atoms with Gasteiger partial charge < -0.3 is 15.2 Å². The van der Waals surface area contributed by atoms with Gasteiger partial charge >= 0.3 is 6.18 Å². The van der Waals surface area contributed by atoms with Gasteiger partial charge in [0.2, 0.25) is 0 Å². The van der Waals surface area contributed by atoms with Gasteiger partial charge in [-0.25, -0.2) is 14.4 Å². The molecule has 2 aromatic heterocycles. The largest absolute Gasteiger partial charge is 0.433 e. The van der Waals surface area contributed by atoms with Gasteiger partial charge in [0.1, 0.15) is 23.2 Å². The van der Waals surface area contributed by atoms with Crippen molar-refractivity contribution in [1.29, 1.82) is 0 Å². The normalized spacial score (nSPS) is 23.0. The third-order valence-corrected chi connectivity index (χ3v) is 6.52. The summed E-state index contributed by atoms with van der Waals surface area (Å²) in [7, 11) is 0. The van der Waals surface area contributed by atoms with Gasteiger partial charge in [-0.1, -0.05) is 6.07 Å². The van der Waals surface area contributed by atoms with Gasteiger partial charge in [-0.2, -0.15) is 13.2 Å². The first kappa shape index (κ1) is 20.9. The molecule has 5 nitrogen and oxygen atoms in total. The second kappa shape index (κ2) is 8.20. The van der Waals surface area contributed by atoms with Crippen molar-refractivity contribution in [3.8, 4) is 11.3 Å². The van der Waals surface area contributed by atoms with Crippen LogP contribution < -0.4 is 10.2 Å². The maximum Gasteiger partial charge on any atom is 0.433 e. The highest BCUT2D eigenvalue weighted by molar-refractivity contribution is 5.58. The highest BCUT2D eigenvalue weighted by Crippen LogP contribution is 2.40. The Morgan fingerprint density at radius 3 is 2.66 bits per heavy atom. The van der Waals surface area contributed by atoms with Crippen molar-refractivity contribution in [2.24, 2.45) is 11.8 Å². The Kier molecular flexibility index (Phi) is 5.36. The number of hydrogen-bond donors (Lipinski definition) is 2. The molecule has 0 radical (unpaired) electrons. The van der Waals surface area contributed by atoms with Crippen molar-refractivity contribution in [2.75, 3.05) is 18.0 Å². The van der Waals surface area contributed by atoms with Crippen molar-refractivity contribution in [3.63, 3.8) is 0 Å². The fourth-order valence-corrected chi connectivity index (χ4v) is 4.92. The summed E-state index contributed by atoms with van der Waals surface area (Å²) in [5.74, 6) is 1.70. The van der Waals surface area contributed by atoms with Crippen LogP contribution in [0.1, 0.15) is 24.4 Å². The summed E-state index contributed by atoms with van der Waals surface area (Å²) in [6.45, 7) is 1.99. The molecular weight excluding hydrogens is 422 g/mol. The van der Waals surface area contributed by atoms with Gasteiger partial charge in [-0.05, 0) is 66.6 Å². The van der Waals surface area contributed by atoms with Crippen LogP contribution in [0.15, 0.2) is 48.7 Å². The minimum absolute atomic E-state index is 0.273. The van der Waals surface area contributed by atoms with E-state index in [1.54, 1.807) is 24.4 Å². The van der Waals surface area contributed by atoms with Crippen molar-refractivity contribution in [2.45, 2.75) is 31.6 Å². The summed E-state index contributed by atoms with van der Waals surface area (Å²) < 4.78 is 52.2. The maximum atomic E-state index is 13.1. The third-order valence-electron chi connectivity index (χ3n) is 6.52. The van der Waals surface area contributed by atoms with E-state index in [1.165, 1.54) is 18.2 Å². The maximum absolute atomic E-state index is 13.1. The number of nitrogens with one attached hydrogen (secondary N) is 2. The van der Waals surface area contributed by atoms with Gasteiger partial charge in [-0.15, -0.1) is 0 Å². The van der Waals surface area contributed by atoms with Crippen molar-refractivity contribution in [1.82, 2.24) is 20.3 Å². The minimum atomic E-state index is -4.44. The smallest absolute Gasteiger partial charge is 0.356 e. The summed E-state index contributed by atoms with van der Waals surface area (Å²) in [5, 5.41) is 3.57. The molecule has 3 aromatic rings. The lowest BCUT2D eigenvalue weighted by Gasteiger charge is -2.22. The number of nitrogens with zero attached hydrogens (tertiary/aromatic N) is 3. The number of hydrogen-bond acceptors (Lipinski definition) is 4. The number of anilines is 1. The van der Waals surface area contributed by atoms with Crippen molar-refractivity contribution >= 4 is 5.82 Å². The number of imidazole rings is 1. The molecule has 168 valence electrons. The summed E-state index contributed by atoms with van der Waals surface area (Å²) in [6, 6.07) is 10.6. The summed E-state index contributed by atoms with van der Waals surface area (Å²) in [5.41, 5.74) is 0.844. The molecule has 2 aliphatic rings. The SMILES string of the molecule is Fc1ccc(-c2cnc(CNC3CCC4CN(c5cccc(C(F)(F)F)n5)CC43)[nH]2)cc1. The Bertz CT molecular complexity index is 1080. The van der Waals surface area contributed by atoms with E-state index >= 15 is 0 Å². The predicted molar refractivity (Wildman–Crippen MR) is 112 cm³/mol. The standard InChI is InChI=1S/C23H23F4N5/c24-16-7-4-14(5-8-16)19-10-29-21(30-19)11-28-18-9-6-15-12-32(13-17(15)18)22-3-1-2-20(31-22)23(25,26)27/h1-5,7-8,10,15,17-18,28H,6,9,11-13H2,(H,29,30). The number of rotatable bonds is 5. The molecular formula is C23H23F4N5. The van der Waals surface area contributed by atoms with Crippen molar-refractivity contribution < 1.29 is 17.6 Å². The van der Waals surface area contributed by atoms with E-state index in [1.807, 2.05) is 4.90 Å². The lowest BCUT2D eigenvalue weighted by Crippen LogP contribution is -2.35. The van der Waals surface area contributed by atoms with Crippen LogP contribution in [-0.2, 0) is 12.7 Å². The van der Waals surface area contributed by atoms with Gasteiger partial charge in [0.05, 0.1) is 18.4 Å².